The van der Waals surface area contributed by atoms with Gasteiger partial charge in [-0.2, -0.15) is 0 Å². The highest BCUT2D eigenvalue weighted by Gasteiger charge is 2.30. The van der Waals surface area contributed by atoms with Crippen molar-refractivity contribution in [2.75, 3.05) is 19.8 Å². The van der Waals surface area contributed by atoms with Crippen molar-refractivity contribution in [2.24, 2.45) is 0 Å². The Balaban J connectivity index is 2.84. The van der Waals surface area contributed by atoms with Gasteiger partial charge in [-0.05, 0) is 11.6 Å². The Morgan fingerprint density at radius 2 is 1.60 bits per heavy atom. The van der Waals surface area contributed by atoms with E-state index in [-0.39, 0.29) is 12.0 Å². The van der Waals surface area contributed by atoms with Crippen LogP contribution in [-0.2, 0) is 11.2 Å². The van der Waals surface area contributed by atoms with Crippen molar-refractivity contribution in [3.8, 4) is 0 Å². The molecule has 0 saturated carbocycles. The Bertz CT molecular complexity index is 475. The minimum Gasteiger partial charge on any atom is -0.478 e. The summed E-state index contributed by atoms with van der Waals surface area (Å²) in [6.07, 6.45) is -0.232. The normalized spacial score (nSPS) is 11.2. The number of aliphatic hydroxyl groups is 3. The van der Waals surface area contributed by atoms with Crippen molar-refractivity contribution in [1.82, 2.24) is 5.32 Å². The van der Waals surface area contributed by atoms with Crippen LogP contribution in [0.4, 0.5) is 0 Å². The minimum absolute atomic E-state index is 0.00486. The van der Waals surface area contributed by atoms with Crippen LogP contribution < -0.4 is 5.32 Å². The highest BCUT2D eigenvalue weighted by atomic mass is 16.4. The summed E-state index contributed by atoms with van der Waals surface area (Å²) >= 11 is 0. The molecule has 0 aliphatic carbocycles. The summed E-state index contributed by atoms with van der Waals surface area (Å²) in [7, 11) is 0. The molecular formula is C13H17NO6. The van der Waals surface area contributed by atoms with E-state index >= 15 is 0 Å². The fraction of sp³-hybridized carbons (Fsp3) is 0.385. The third kappa shape index (κ3) is 3.77. The number of benzene rings is 1. The molecule has 0 heterocycles. The molecule has 0 bridgehead atoms. The summed E-state index contributed by atoms with van der Waals surface area (Å²) in [5.74, 6) is -1.75. The summed E-state index contributed by atoms with van der Waals surface area (Å²) in [6.45, 7) is -1.90. The van der Waals surface area contributed by atoms with Gasteiger partial charge in [0.1, 0.15) is 5.54 Å². The maximum absolute atomic E-state index is 11.8. The molecule has 5 N–H and O–H groups in total. The monoisotopic (exact) mass is 283 g/mol. The van der Waals surface area contributed by atoms with Crippen molar-refractivity contribution in [2.45, 2.75) is 12.0 Å². The number of aromatic carboxylic acids is 1. The Morgan fingerprint density at radius 1 is 1.05 bits per heavy atom. The van der Waals surface area contributed by atoms with Crippen molar-refractivity contribution in [1.29, 1.82) is 0 Å². The lowest BCUT2D eigenvalue weighted by Gasteiger charge is -2.28. The quantitative estimate of drug-likeness (QED) is 0.426. The largest absolute Gasteiger partial charge is 0.478 e. The van der Waals surface area contributed by atoms with Crippen LogP contribution in [-0.4, -0.2) is 57.7 Å². The van der Waals surface area contributed by atoms with E-state index < -0.39 is 37.2 Å². The maximum atomic E-state index is 11.8. The van der Waals surface area contributed by atoms with Crippen LogP contribution in [0.15, 0.2) is 24.3 Å². The van der Waals surface area contributed by atoms with E-state index in [0.29, 0.717) is 5.56 Å². The Labute approximate surface area is 115 Å². The molecule has 1 amide bonds. The van der Waals surface area contributed by atoms with Gasteiger partial charge in [-0.15, -0.1) is 0 Å². The summed E-state index contributed by atoms with van der Waals surface area (Å²) in [4.78, 5) is 22.8. The van der Waals surface area contributed by atoms with Gasteiger partial charge in [0.05, 0.1) is 31.8 Å². The molecule has 0 unspecified atom stereocenters. The van der Waals surface area contributed by atoms with Gasteiger partial charge in [0.25, 0.3) is 0 Å². The highest BCUT2D eigenvalue weighted by molar-refractivity contribution is 5.91. The molecule has 7 nitrogen and oxygen atoms in total. The van der Waals surface area contributed by atoms with E-state index in [2.05, 4.69) is 5.32 Å². The lowest BCUT2D eigenvalue weighted by Crippen LogP contribution is -2.57. The van der Waals surface area contributed by atoms with Crippen LogP contribution in [0.2, 0.25) is 0 Å². The molecule has 1 aromatic rings. The fourth-order valence-corrected chi connectivity index (χ4v) is 1.66. The number of hydrogen-bond acceptors (Lipinski definition) is 5. The number of carbonyl (C=O) groups is 2. The average molecular weight is 283 g/mol. The number of carboxylic acids is 1. The fourth-order valence-electron chi connectivity index (χ4n) is 1.66. The molecule has 0 atom stereocenters. The zero-order chi connectivity index (χ0) is 15.2. The van der Waals surface area contributed by atoms with Gasteiger partial charge in [-0.25, -0.2) is 4.79 Å². The predicted molar refractivity (Wildman–Crippen MR) is 69.2 cm³/mol. The first kappa shape index (κ1) is 16.1. The predicted octanol–water partition coefficient (Wildman–Crippen LogP) is -1.24. The molecule has 1 aromatic carbocycles. The van der Waals surface area contributed by atoms with Gasteiger partial charge in [-0.3, -0.25) is 4.79 Å². The molecule has 0 radical (unpaired) electrons. The average Bonchev–Trinajstić information content (AvgIpc) is 2.45. The number of nitrogens with one attached hydrogen (secondary N) is 1. The van der Waals surface area contributed by atoms with E-state index in [1.165, 1.54) is 12.1 Å². The summed E-state index contributed by atoms with van der Waals surface area (Å²) in [5.41, 5.74) is -1.21. The zero-order valence-corrected chi connectivity index (χ0v) is 10.7. The van der Waals surface area contributed by atoms with Crippen molar-refractivity contribution >= 4 is 11.9 Å². The third-order valence-corrected chi connectivity index (χ3v) is 2.91. The Kier molecular flexibility index (Phi) is 5.63. The van der Waals surface area contributed by atoms with Crippen molar-refractivity contribution in [3.63, 3.8) is 0 Å². The molecule has 0 fully saturated rings. The van der Waals surface area contributed by atoms with E-state index in [1.807, 2.05) is 0 Å². The highest BCUT2D eigenvalue weighted by Crippen LogP contribution is 2.10. The molecule has 0 aliphatic rings. The van der Waals surface area contributed by atoms with E-state index in [9.17, 15) is 9.59 Å². The minimum atomic E-state index is -1.52. The third-order valence-electron chi connectivity index (χ3n) is 2.91. The van der Waals surface area contributed by atoms with Crippen LogP contribution in [0.1, 0.15) is 15.9 Å². The summed E-state index contributed by atoms with van der Waals surface area (Å²) < 4.78 is 0. The molecule has 0 saturated heterocycles. The molecular weight excluding hydrogens is 266 g/mol. The molecule has 20 heavy (non-hydrogen) atoms. The second-order valence-electron chi connectivity index (χ2n) is 4.44. The van der Waals surface area contributed by atoms with Crippen LogP contribution in [0, 0.1) is 0 Å². The van der Waals surface area contributed by atoms with Crippen molar-refractivity contribution < 1.29 is 30.0 Å². The number of rotatable bonds is 7. The second-order valence-corrected chi connectivity index (χ2v) is 4.44. The molecule has 110 valence electrons. The molecule has 0 aromatic heterocycles. The number of carbonyl (C=O) groups excluding carboxylic acids is 1. The summed E-state index contributed by atoms with van der Waals surface area (Å²) in [5, 5.41) is 38.6. The first-order chi connectivity index (χ1) is 9.48. The summed E-state index contributed by atoms with van der Waals surface area (Å²) in [6, 6.07) is 6.03. The van der Waals surface area contributed by atoms with Crippen LogP contribution >= 0.6 is 0 Å². The van der Waals surface area contributed by atoms with Crippen LogP contribution in [0.3, 0.4) is 0 Å². The zero-order valence-electron chi connectivity index (χ0n) is 10.7. The standard InChI is InChI=1S/C13H17NO6/c15-6-13(7-16,8-17)14-11(18)5-9-3-1-2-4-10(9)12(19)20/h1-4,15-17H,5-8H2,(H,14,18)(H,19,20). The SMILES string of the molecule is O=C(Cc1ccccc1C(=O)O)NC(CO)(CO)CO. The van der Waals surface area contributed by atoms with Crippen LogP contribution in [0.25, 0.3) is 0 Å². The van der Waals surface area contributed by atoms with E-state index in [4.69, 9.17) is 20.4 Å². The number of carboxylic acid groups (broad SMARTS) is 1. The second kappa shape index (κ2) is 6.99. The molecule has 1 rings (SSSR count). The number of amides is 1. The van der Waals surface area contributed by atoms with Gasteiger partial charge in [0, 0.05) is 0 Å². The number of hydrogen-bond donors (Lipinski definition) is 5. The van der Waals surface area contributed by atoms with Gasteiger partial charge >= 0.3 is 5.97 Å². The molecule has 0 spiro atoms. The lowest BCUT2D eigenvalue weighted by atomic mass is 10.0. The molecule has 0 aliphatic heterocycles. The van der Waals surface area contributed by atoms with E-state index in [0.717, 1.165) is 0 Å². The van der Waals surface area contributed by atoms with Gasteiger partial charge in [-0.1, -0.05) is 18.2 Å². The van der Waals surface area contributed by atoms with Crippen molar-refractivity contribution in [3.05, 3.63) is 35.4 Å². The van der Waals surface area contributed by atoms with Gasteiger partial charge in [0.15, 0.2) is 0 Å². The number of aliphatic hydroxyl groups excluding tert-OH is 3. The first-order valence-electron chi connectivity index (χ1n) is 5.93. The van der Waals surface area contributed by atoms with Gasteiger partial charge in [0.2, 0.25) is 5.91 Å². The molecule has 7 heteroatoms. The van der Waals surface area contributed by atoms with Gasteiger partial charge < -0.3 is 25.7 Å². The smallest absolute Gasteiger partial charge is 0.335 e. The van der Waals surface area contributed by atoms with E-state index in [1.54, 1.807) is 12.1 Å². The topological polar surface area (TPSA) is 127 Å². The van der Waals surface area contributed by atoms with Crippen LogP contribution in [0.5, 0.6) is 0 Å². The first-order valence-corrected chi connectivity index (χ1v) is 5.93. The Hall–Kier alpha value is -1.96. The Morgan fingerprint density at radius 3 is 2.10 bits per heavy atom. The lowest BCUT2D eigenvalue weighted by molar-refractivity contribution is -0.124. The maximum Gasteiger partial charge on any atom is 0.335 e.